The molecule has 0 saturated carbocycles. The van der Waals surface area contributed by atoms with Crippen molar-refractivity contribution in [2.75, 3.05) is 26.4 Å². The number of phosphoric ester groups is 1. The van der Waals surface area contributed by atoms with Crippen LogP contribution in [0.5, 0.6) is 0 Å². The molecule has 0 heterocycles. The second-order valence-corrected chi connectivity index (χ2v) is 15.1. The van der Waals surface area contributed by atoms with Crippen LogP contribution in [0.4, 0.5) is 0 Å². The molecule has 3 unspecified atom stereocenters. The Labute approximate surface area is 344 Å². The third kappa shape index (κ3) is 40.9. The van der Waals surface area contributed by atoms with E-state index in [2.05, 4.69) is 116 Å². The van der Waals surface area contributed by atoms with E-state index in [-0.39, 0.29) is 19.4 Å². The van der Waals surface area contributed by atoms with Crippen LogP contribution < -0.4 is 0 Å². The molecule has 0 rings (SSSR count). The number of allylic oxidation sites excluding steroid dienone is 16. The lowest BCUT2D eigenvalue weighted by Gasteiger charge is -2.20. The molecule has 0 aromatic heterocycles. The van der Waals surface area contributed by atoms with Gasteiger partial charge in [0.05, 0.1) is 19.8 Å². The van der Waals surface area contributed by atoms with Crippen molar-refractivity contribution in [2.45, 2.75) is 154 Å². The second-order valence-electron chi connectivity index (χ2n) is 13.6. The summed E-state index contributed by atoms with van der Waals surface area (Å²) in [6.45, 7) is 2.06. The Hall–Kier alpha value is -3.11. The van der Waals surface area contributed by atoms with Gasteiger partial charge in [-0.15, -0.1) is 0 Å². The number of aliphatic hydroxyl groups is 2. The fourth-order valence-corrected chi connectivity index (χ4v) is 5.82. The van der Waals surface area contributed by atoms with Gasteiger partial charge in [0.25, 0.3) is 0 Å². The van der Waals surface area contributed by atoms with Gasteiger partial charge in [-0.3, -0.25) is 18.6 Å². The molecular formula is C46H75O10P. The first-order valence-corrected chi connectivity index (χ1v) is 22.7. The van der Waals surface area contributed by atoms with Gasteiger partial charge in [-0.05, 0) is 89.9 Å². The number of carbonyl (C=O) groups is 2. The fourth-order valence-electron chi connectivity index (χ4n) is 5.03. The van der Waals surface area contributed by atoms with Crippen LogP contribution in [0.3, 0.4) is 0 Å². The van der Waals surface area contributed by atoms with E-state index in [9.17, 15) is 24.2 Å². The summed E-state index contributed by atoms with van der Waals surface area (Å²) in [5.74, 6) is -1.00. The molecule has 0 amide bonds. The van der Waals surface area contributed by atoms with Crippen molar-refractivity contribution < 1.29 is 47.8 Å². The lowest BCUT2D eigenvalue weighted by atomic mass is 10.1. The van der Waals surface area contributed by atoms with Gasteiger partial charge in [0.1, 0.15) is 12.7 Å². The summed E-state index contributed by atoms with van der Waals surface area (Å²) in [5, 5.41) is 18.3. The lowest BCUT2D eigenvalue weighted by Crippen LogP contribution is -2.29. The third-order valence-electron chi connectivity index (χ3n) is 8.23. The smallest absolute Gasteiger partial charge is 0.462 e. The minimum absolute atomic E-state index is 0.152. The van der Waals surface area contributed by atoms with Gasteiger partial charge in [0.2, 0.25) is 0 Å². The van der Waals surface area contributed by atoms with Crippen molar-refractivity contribution in [3.63, 3.8) is 0 Å². The number of hydrogen-bond acceptors (Lipinski definition) is 9. The molecule has 0 spiro atoms. The highest BCUT2D eigenvalue weighted by atomic mass is 31.2. The van der Waals surface area contributed by atoms with Crippen molar-refractivity contribution in [3.8, 4) is 0 Å². The summed E-state index contributed by atoms with van der Waals surface area (Å²) < 4.78 is 32.6. The van der Waals surface area contributed by atoms with Gasteiger partial charge in [0, 0.05) is 12.8 Å². The maximum absolute atomic E-state index is 12.6. The maximum atomic E-state index is 12.6. The van der Waals surface area contributed by atoms with Crippen molar-refractivity contribution in [3.05, 3.63) is 97.2 Å². The summed E-state index contributed by atoms with van der Waals surface area (Å²) in [7, 11) is -4.64. The Bertz CT molecular complexity index is 1260. The zero-order chi connectivity index (χ0) is 41.9. The van der Waals surface area contributed by atoms with Crippen molar-refractivity contribution in [1.82, 2.24) is 0 Å². The van der Waals surface area contributed by atoms with Crippen LogP contribution in [-0.2, 0) is 32.7 Å². The average molecular weight is 819 g/mol. The Kier molecular flexibility index (Phi) is 38.8. The van der Waals surface area contributed by atoms with E-state index >= 15 is 0 Å². The van der Waals surface area contributed by atoms with Crippen LogP contribution in [0.15, 0.2) is 97.2 Å². The molecule has 0 bridgehead atoms. The molecule has 0 aliphatic rings. The van der Waals surface area contributed by atoms with Crippen molar-refractivity contribution in [1.29, 1.82) is 0 Å². The molecule has 0 radical (unpaired) electrons. The number of phosphoric acid groups is 1. The molecular weight excluding hydrogens is 743 g/mol. The fraction of sp³-hybridized carbons (Fsp3) is 0.609. The van der Waals surface area contributed by atoms with E-state index in [0.717, 1.165) is 103 Å². The Morgan fingerprint density at radius 3 is 1.40 bits per heavy atom. The van der Waals surface area contributed by atoms with Crippen LogP contribution >= 0.6 is 7.82 Å². The Balaban J connectivity index is 4.42. The highest BCUT2D eigenvalue weighted by Crippen LogP contribution is 2.43. The monoisotopic (exact) mass is 819 g/mol. The highest BCUT2D eigenvalue weighted by Gasteiger charge is 2.27. The number of ether oxygens (including phenoxy) is 2. The minimum atomic E-state index is -4.64. The lowest BCUT2D eigenvalue weighted by molar-refractivity contribution is -0.161. The van der Waals surface area contributed by atoms with E-state index in [1.165, 1.54) is 0 Å². The molecule has 0 aliphatic carbocycles. The van der Waals surface area contributed by atoms with E-state index < -0.39 is 51.8 Å². The Morgan fingerprint density at radius 2 is 0.912 bits per heavy atom. The average Bonchev–Trinajstić information content (AvgIpc) is 3.20. The molecule has 3 N–H and O–H groups in total. The molecule has 10 nitrogen and oxygen atoms in total. The minimum Gasteiger partial charge on any atom is -0.462 e. The van der Waals surface area contributed by atoms with Crippen LogP contribution in [-0.4, -0.2) is 65.7 Å². The molecule has 0 saturated heterocycles. The Morgan fingerprint density at radius 1 is 0.526 bits per heavy atom. The highest BCUT2D eigenvalue weighted by molar-refractivity contribution is 7.47. The van der Waals surface area contributed by atoms with E-state index in [4.69, 9.17) is 19.1 Å². The van der Waals surface area contributed by atoms with E-state index in [1.807, 2.05) is 0 Å². The first-order chi connectivity index (χ1) is 27.7. The number of hydrogen-bond donors (Lipinski definition) is 3. The first-order valence-electron chi connectivity index (χ1n) is 21.2. The number of aliphatic hydroxyl groups excluding tert-OH is 2. The van der Waals surface area contributed by atoms with Gasteiger partial charge < -0.3 is 24.6 Å². The van der Waals surface area contributed by atoms with Crippen molar-refractivity contribution >= 4 is 19.8 Å². The SMILES string of the molecule is CC/C=C\C/C=C\C/C=C\C/C=C\CCCCCCCCC(=O)OC(COC(=O)CCCC/C=C\C/C=C\C/C=C\C/C=C\CC)COP(=O)(O)OCC(O)CO. The van der Waals surface area contributed by atoms with E-state index in [0.29, 0.717) is 12.8 Å². The van der Waals surface area contributed by atoms with Gasteiger partial charge in [-0.2, -0.15) is 0 Å². The summed E-state index contributed by atoms with van der Waals surface area (Å²) in [5.41, 5.74) is 0. The first kappa shape index (κ1) is 53.9. The van der Waals surface area contributed by atoms with Crippen LogP contribution in [0.25, 0.3) is 0 Å². The molecule has 324 valence electrons. The largest absolute Gasteiger partial charge is 0.472 e. The van der Waals surface area contributed by atoms with Crippen LogP contribution in [0.2, 0.25) is 0 Å². The van der Waals surface area contributed by atoms with E-state index in [1.54, 1.807) is 0 Å². The zero-order valence-corrected chi connectivity index (χ0v) is 35.9. The molecule has 0 fully saturated rings. The number of esters is 2. The number of carbonyl (C=O) groups excluding carboxylic acids is 2. The normalized spacial score (nSPS) is 14.8. The number of unbranched alkanes of at least 4 members (excludes halogenated alkanes) is 8. The summed E-state index contributed by atoms with van der Waals surface area (Å²) in [4.78, 5) is 35.0. The third-order valence-corrected chi connectivity index (χ3v) is 9.18. The topological polar surface area (TPSA) is 149 Å². The van der Waals surface area contributed by atoms with Crippen molar-refractivity contribution in [2.24, 2.45) is 0 Å². The van der Waals surface area contributed by atoms with Gasteiger partial charge in [-0.1, -0.05) is 137 Å². The molecule has 0 aliphatic heterocycles. The zero-order valence-electron chi connectivity index (χ0n) is 35.0. The van der Waals surface area contributed by atoms with Crippen LogP contribution in [0, 0.1) is 0 Å². The van der Waals surface area contributed by atoms with Gasteiger partial charge in [-0.25, -0.2) is 4.57 Å². The van der Waals surface area contributed by atoms with Gasteiger partial charge >= 0.3 is 19.8 Å². The van der Waals surface area contributed by atoms with Gasteiger partial charge in [0.15, 0.2) is 6.10 Å². The predicted octanol–water partition coefficient (Wildman–Crippen LogP) is 11.2. The molecule has 11 heteroatoms. The molecule has 57 heavy (non-hydrogen) atoms. The summed E-state index contributed by atoms with van der Waals surface area (Å²) in [6, 6.07) is 0. The number of rotatable bonds is 38. The molecule has 0 aromatic carbocycles. The van der Waals surface area contributed by atoms with Crippen LogP contribution in [0.1, 0.15) is 142 Å². The summed E-state index contributed by atoms with van der Waals surface area (Å²) in [6.07, 6.45) is 49.4. The quantitative estimate of drug-likeness (QED) is 0.0238. The second kappa shape index (κ2) is 41.1. The predicted molar refractivity (Wildman–Crippen MR) is 232 cm³/mol. The standard InChI is InChI=1S/C46H75O10P/c1-3-5-7-9-11-13-15-17-19-20-21-22-24-26-28-30-32-34-36-38-46(50)56-44(42-55-57(51,52)54-40-43(48)39-47)41-53-45(49)37-35-33-31-29-27-25-23-18-16-14-12-10-8-6-4-2/h5-8,11-14,17-19,21-23,27,29,43-44,47-48H,3-4,9-10,15-16,20,24-26,28,30-42H2,1-2H3,(H,51,52)/b7-5-,8-6-,13-11-,14-12-,19-17-,22-21-,23-18-,29-27-. The summed E-state index contributed by atoms with van der Waals surface area (Å²) >= 11 is 0. The maximum Gasteiger partial charge on any atom is 0.472 e. The molecule has 0 aromatic rings. The molecule has 3 atom stereocenters.